The molecule has 1 unspecified atom stereocenters. The summed E-state index contributed by atoms with van der Waals surface area (Å²) >= 11 is 2.33. The topological polar surface area (TPSA) is 97.4 Å². The quantitative estimate of drug-likeness (QED) is 0.691. The first kappa shape index (κ1) is 17.0. The highest BCUT2D eigenvalue weighted by Gasteiger charge is 2.24. The van der Waals surface area contributed by atoms with Crippen LogP contribution in [0.5, 0.6) is 5.75 Å². The maximum Gasteiger partial charge on any atom is 0.273 e. The van der Waals surface area contributed by atoms with E-state index in [1.54, 1.807) is 35.9 Å². The first-order valence-electron chi connectivity index (χ1n) is 7.56. The van der Waals surface area contributed by atoms with Crippen molar-refractivity contribution in [3.8, 4) is 17.0 Å². The van der Waals surface area contributed by atoms with Gasteiger partial charge in [-0.25, -0.2) is 13.4 Å². The summed E-state index contributed by atoms with van der Waals surface area (Å²) in [6, 6.07) is 8.54. The molecule has 4 rings (SSSR count). The van der Waals surface area contributed by atoms with Gasteiger partial charge in [-0.05, 0) is 36.6 Å². The number of thiazole rings is 1. The lowest BCUT2D eigenvalue weighted by Crippen LogP contribution is -2.34. The zero-order chi connectivity index (χ0) is 18.3. The van der Waals surface area contributed by atoms with Crippen molar-refractivity contribution in [1.29, 1.82) is 0 Å². The molecule has 0 fully saturated rings. The van der Waals surface area contributed by atoms with Crippen LogP contribution < -0.4 is 14.8 Å². The van der Waals surface area contributed by atoms with Crippen LogP contribution in [0.15, 0.2) is 45.3 Å². The number of fused-ring (bicyclic) bond motifs is 1. The van der Waals surface area contributed by atoms with E-state index in [0.29, 0.717) is 17.1 Å². The van der Waals surface area contributed by atoms with Crippen LogP contribution in [0.1, 0.15) is 6.92 Å². The first-order chi connectivity index (χ1) is 12.4. The number of ether oxygens (including phenoxy) is 1. The molecule has 0 aliphatic carbocycles. The smallest absolute Gasteiger partial charge is 0.273 e. The van der Waals surface area contributed by atoms with Gasteiger partial charge in [-0.1, -0.05) is 6.07 Å². The van der Waals surface area contributed by atoms with Crippen molar-refractivity contribution in [2.45, 2.75) is 17.2 Å². The minimum absolute atomic E-state index is 0.211. The Morgan fingerprint density at radius 3 is 2.88 bits per heavy atom. The van der Waals surface area contributed by atoms with Crippen molar-refractivity contribution in [1.82, 2.24) is 4.98 Å². The zero-order valence-electron chi connectivity index (χ0n) is 13.4. The fourth-order valence-electron chi connectivity index (χ4n) is 2.40. The third-order valence-electron chi connectivity index (χ3n) is 3.69. The highest BCUT2D eigenvalue weighted by Crippen LogP contribution is 2.35. The zero-order valence-corrected chi connectivity index (χ0v) is 15.9. The molecule has 1 aromatic carbocycles. The molecule has 0 radical (unpaired) electrons. The summed E-state index contributed by atoms with van der Waals surface area (Å²) < 4.78 is 32.8. The van der Waals surface area contributed by atoms with Crippen LogP contribution in [0.3, 0.4) is 0 Å². The lowest BCUT2D eigenvalue weighted by Gasteiger charge is -2.23. The van der Waals surface area contributed by atoms with Crippen molar-refractivity contribution in [2.75, 3.05) is 10.0 Å². The molecular formula is C16H13N3O4S3. The highest BCUT2D eigenvalue weighted by atomic mass is 32.2. The Balaban J connectivity index is 1.59. The number of hydrogen-bond acceptors (Lipinski definition) is 7. The monoisotopic (exact) mass is 407 g/mol. The summed E-state index contributed by atoms with van der Waals surface area (Å²) in [5.41, 5.74) is 1.92. The Hall–Kier alpha value is -2.43. The number of nitrogens with zero attached hydrogens (tertiary/aromatic N) is 1. The van der Waals surface area contributed by atoms with Gasteiger partial charge in [0, 0.05) is 10.9 Å². The van der Waals surface area contributed by atoms with Gasteiger partial charge >= 0.3 is 0 Å². The molecule has 2 aromatic heterocycles. The molecule has 3 heterocycles. The molecule has 1 aliphatic heterocycles. The van der Waals surface area contributed by atoms with Crippen molar-refractivity contribution in [3.05, 3.63) is 41.1 Å². The van der Waals surface area contributed by atoms with Crippen LogP contribution in [0.25, 0.3) is 11.3 Å². The van der Waals surface area contributed by atoms with E-state index in [-0.39, 0.29) is 15.2 Å². The van der Waals surface area contributed by atoms with Crippen LogP contribution in [0, 0.1) is 0 Å². The molecule has 10 heteroatoms. The number of sulfonamides is 1. The Bertz CT molecular complexity index is 1070. The molecule has 0 saturated heterocycles. The number of nitrogens with one attached hydrogen (secondary N) is 2. The Morgan fingerprint density at radius 1 is 1.27 bits per heavy atom. The molecule has 0 spiro atoms. The highest BCUT2D eigenvalue weighted by molar-refractivity contribution is 7.94. The number of benzene rings is 1. The Morgan fingerprint density at radius 2 is 2.12 bits per heavy atom. The molecule has 0 saturated carbocycles. The number of aromatic nitrogens is 1. The van der Waals surface area contributed by atoms with Crippen LogP contribution in [0.2, 0.25) is 0 Å². The molecular weight excluding hydrogens is 394 g/mol. The number of anilines is 2. The van der Waals surface area contributed by atoms with Crippen molar-refractivity contribution >= 4 is 49.4 Å². The van der Waals surface area contributed by atoms with Gasteiger partial charge in [0.2, 0.25) is 0 Å². The number of amides is 1. The van der Waals surface area contributed by atoms with Gasteiger partial charge in [0.1, 0.15) is 9.96 Å². The average Bonchev–Trinajstić information content (AvgIpc) is 3.27. The van der Waals surface area contributed by atoms with Crippen molar-refractivity contribution in [3.63, 3.8) is 0 Å². The SMILES string of the molecule is CC1Oc2ccc(-c3csc(NS(=O)(=O)c4cccs4)n3)cc2NC1=O. The van der Waals surface area contributed by atoms with Crippen molar-refractivity contribution < 1.29 is 17.9 Å². The van der Waals surface area contributed by atoms with Gasteiger partial charge in [0.05, 0.1) is 11.4 Å². The molecule has 26 heavy (non-hydrogen) atoms. The molecule has 0 bridgehead atoms. The molecule has 2 N–H and O–H groups in total. The Kier molecular flexibility index (Phi) is 4.17. The summed E-state index contributed by atoms with van der Waals surface area (Å²) in [7, 11) is -3.63. The largest absolute Gasteiger partial charge is 0.479 e. The maximum absolute atomic E-state index is 12.3. The molecule has 7 nitrogen and oxygen atoms in total. The van der Waals surface area contributed by atoms with Gasteiger partial charge in [0.15, 0.2) is 11.2 Å². The fourth-order valence-corrected chi connectivity index (χ4v) is 5.37. The summed E-state index contributed by atoms with van der Waals surface area (Å²) in [5, 5.41) is 6.52. The average molecular weight is 407 g/mol. The summed E-state index contributed by atoms with van der Waals surface area (Å²) in [4.78, 5) is 16.1. The summed E-state index contributed by atoms with van der Waals surface area (Å²) in [5.74, 6) is 0.382. The number of carbonyl (C=O) groups is 1. The van der Waals surface area contributed by atoms with E-state index >= 15 is 0 Å². The minimum atomic E-state index is -3.63. The van der Waals surface area contributed by atoms with Crippen LogP contribution >= 0.6 is 22.7 Å². The lowest BCUT2D eigenvalue weighted by molar-refractivity contribution is -0.122. The second-order valence-electron chi connectivity index (χ2n) is 5.54. The van der Waals surface area contributed by atoms with Crippen LogP contribution in [-0.4, -0.2) is 25.4 Å². The van der Waals surface area contributed by atoms with Crippen LogP contribution in [0.4, 0.5) is 10.8 Å². The third kappa shape index (κ3) is 3.18. The standard InChI is InChI=1S/C16H13N3O4S3/c1-9-15(20)17-11-7-10(4-5-13(11)23-9)12-8-25-16(18-12)19-26(21,22)14-3-2-6-24-14/h2-9H,1H3,(H,17,20)(H,18,19). The predicted molar refractivity (Wildman–Crippen MR) is 101 cm³/mol. The molecule has 1 atom stereocenters. The van der Waals surface area contributed by atoms with E-state index in [1.807, 2.05) is 6.07 Å². The minimum Gasteiger partial charge on any atom is -0.479 e. The fraction of sp³-hybridized carbons (Fsp3) is 0.125. The van der Waals surface area contributed by atoms with E-state index in [4.69, 9.17) is 4.74 Å². The summed E-state index contributed by atoms with van der Waals surface area (Å²) in [6.07, 6.45) is -0.536. The molecule has 134 valence electrons. The molecule has 1 amide bonds. The predicted octanol–water partition coefficient (Wildman–Crippen LogP) is 3.39. The van der Waals surface area contributed by atoms with E-state index in [1.165, 1.54) is 17.4 Å². The van der Waals surface area contributed by atoms with E-state index < -0.39 is 16.1 Å². The van der Waals surface area contributed by atoms with Crippen molar-refractivity contribution in [2.24, 2.45) is 0 Å². The second kappa shape index (κ2) is 6.38. The maximum atomic E-state index is 12.3. The van der Waals surface area contributed by atoms with E-state index in [0.717, 1.165) is 16.9 Å². The van der Waals surface area contributed by atoms with Crippen LogP contribution in [-0.2, 0) is 14.8 Å². The number of hydrogen-bond donors (Lipinski definition) is 2. The first-order valence-corrected chi connectivity index (χ1v) is 10.8. The lowest BCUT2D eigenvalue weighted by atomic mass is 10.1. The third-order valence-corrected chi connectivity index (χ3v) is 7.32. The molecule has 1 aliphatic rings. The van der Waals surface area contributed by atoms with Gasteiger partial charge in [-0.15, -0.1) is 22.7 Å². The molecule has 3 aromatic rings. The summed E-state index contributed by atoms with van der Waals surface area (Å²) in [6.45, 7) is 1.68. The number of carbonyl (C=O) groups excluding carboxylic acids is 1. The number of rotatable bonds is 4. The van der Waals surface area contributed by atoms with Gasteiger partial charge in [-0.3, -0.25) is 9.52 Å². The normalized spacial score (nSPS) is 16.5. The Labute approximate surface area is 157 Å². The van der Waals surface area contributed by atoms with E-state index in [2.05, 4.69) is 15.0 Å². The van der Waals surface area contributed by atoms with Gasteiger partial charge in [-0.2, -0.15) is 0 Å². The van der Waals surface area contributed by atoms with E-state index in [9.17, 15) is 13.2 Å². The van der Waals surface area contributed by atoms with Gasteiger partial charge < -0.3 is 10.1 Å². The second-order valence-corrected chi connectivity index (χ2v) is 9.25. The number of thiophene rings is 1. The van der Waals surface area contributed by atoms with Gasteiger partial charge in [0.25, 0.3) is 15.9 Å².